The summed E-state index contributed by atoms with van der Waals surface area (Å²) < 4.78 is 14.8. The maximum Gasteiger partial charge on any atom is 0.131 e. The summed E-state index contributed by atoms with van der Waals surface area (Å²) in [5, 5.41) is 0. The van der Waals surface area contributed by atoms with Crippen LogP contribution in [0.4, 0.5) is 4.39 Å². The first-order valence-electron chi connectivity index (χ1n) is 13.1. The number of aryl methyl sites for hydroxylation is 1. The summed E-state index contributed by atoms with van der Waals surface area (Å²) in [6.07, 6.45) is 16.6. The minimum absolute atomic E-state index is 0.108. The number of alkyl halides is 1. The maximum atomic E-state index is 14.8. The Hall–Kier alpha value is -1.34. The lowest BCUT2D eigenvalue weighted by molar-refractivity contribution is 0.141. The highest BCUT2D eigenvalue weighted by molar-refractivity contribution is 6.17. The highest BCUT2D eigenvalue weighted by Crippen LogP contribution is 2.43. The lowest BCUT2D eigenvalue weighted by Crippen LogP contribution is -2.26. The first-order valence-corrected chi connectivity index (χ1v) is 13.6. The summed E-state index contributed by atoms with van der Waals surface area (Å²) in [6, 6.07) is 13.7. The molecule has 4 rings (SSSR count). The van der Waals surface area contributed by atoms with Crippen LogP contribution in [0, 0.1) is 29.5 Å². The van der Waals surface area contributed by atoms with E-state index in [1.165, 1.54) is 70.6 Å². The average molecular weight is 455 g/mol. The lowest BCUT2D eigenvalue weighted by atomic mass is 9.68. The van der Waals surface area contributed by atoms with Crippen molar-refractivity contribution in [2.24, 2.45) is 23.7 Å². The Morgan fingerprint density at radius 1 is 0.750 bits per heavy atom. The molecule has 0 N–H and O–H groups in total. The van der Waals surface area contributed by atoms with Gasteiger partial charge in [-0.2, -0.15) is 0 Å². The highest BCUT2D eigenvalue weighted by Gasteiger charge is 2.30. The standard InChI is InChI=1S/C30H40ClF/c1-2-3-22-6-13-26(14-7-22)27-15-8-23(9-16-27)4-5-24-12-19-29(30(32)20-24)28-17-10-25(21-31)11-18-28/h10-12,17-20,22-23,26-27H,2-9,13-16,21H2,1H3/t22-,23?,26-,27?. The van der Waals surface area contributed by atoms with Crippen molar-refractivity contribution in [3.63, 3.8) is 0 Å². The maximum absolute atomic E-state index is 14.8. The predicted molar refractivity (Wildman–Crippen MR) is 136 cm³/mol. The van der Waals surface area contributed by atoms with E-state index in [0.717, 1.165) is 46.8 Å². The Balaban J connectivity index is 1.23. The number of hydrogen-bond acceptors (Lipinski definition) is 0. The van der Waals surface area contributed by atoms with Gasteiger partial charge in [0.25, 0.3) is 0 Å². The average Bonchev–Trinajstić information content (AvgIpc) is 2.84. The van der Waals surface area contributed by atoms with Crippen molar-refractivity contribution in [1.29, 1.82) is 0 Å². The zero-order chi connectivity index (χ0) is 22.3. The molecule has 0 radical (unpaired) electrons. The molecule has 2 heteroatoms. The van der Waals surface area contributed by atoms with Gasteiger partial charge in [0.15, 0.2) is 0 Å². The van der Waals surface area contributed by atoms with E-state index in [2.05, 4.69) is 13.0 Å². The summed E-state index contributed by atoms with van der Waals surface area (Å²) in [5.41, 5.74) is 3.81. The molecule has 0 bridgehead atoms. The first kappa shape index (κ1) is 23.8. The minimum atomic E-state index is -0.108. The predicted octanol–water partition coefficient (Wildman–Crippen LogP) is 9.58. The van der Waals surface area contributed by atoms with Gasteiger partial charge in [0.05, 0.1) is 0 Å². The van der Waals surface area contributed by atoms with E-state index >= 15 is 0 Å². The van der Waals surface area contributed by atoms with Crippen molar-refractivity contribution in [3.05, 3.63) is 59.4 Å². The monoisotopic (exact) mass is 454 g/mol. The van der Waals surface area contributed by atoms with Crippen LogP contribution < -0.4 is 0 Å². The number of rotatable bonds is 8. The number of hydrogen-bond donors (Lipinski definition) is 0. The van der Waals surface area contributed by atoms with Crippen LogP contribution in [0.15, 0.2) is 42.5 Å². The molecule has 2 fully saturated rings. The highest BCUT2D eigenvalue weighted by atomic mass is 35.5. The molecule has 2 saturated carbocycles. The van der Waals surface area contributed by atoms with E-state index < -0.39 is 0 Å². The van der Waals surface area contributed by atoms with Crippen LogP contribution in [-0.4, -0.2) is 0 Å². The zero-order valence-corrected chi connectivity index (χ0v) is 20.6. The molecule has 0 unspecified atom stereocenters. The van der Waals surface area contributed by atoms with Crippen molar-refractivity contribution in [3.8, 4) is 11.1 Å². The van der Waals surface area contributed by atoms with Gasteiger partial charge in [-0.1, -0.05) is 81.8 Å². The Bertz CT molecular complexity index is 826. The first-order chi connectivity index (χ1) is 15.7. The van der Waals surface area contributed by atoms with E-state index in [1.54, 1.807) is 6.07 Å². The molecule has 0 nitrogen and oxygen atoms in total. The molecule has 0 aromatic heterocycles. The van der Waals surface area contributed by atoms with Gasteiger partial charge < -0.3 is 0 Å². The third-order valence-corrected chi connectivity index (χ3v) is 8.75. The van der Waals surface area contributed by atoms with Crippen molar-refractivity contribution in [2.75, 3.05) is 0 Å². The van der Waals surface area contributed by atoms with E-state index in [-0.39, 0.29) is 5.82 Å². The lowest BCUT2D eigenvalue weighted by Gasteiger charge is -2.38. The molecule has 0 saturated heterocycles. The quantitative estimate of drug-likeness (QED) is 0.348. The minimum Gasteiger partial charge on any atom is -0.206 e. The fraction of sp³-hybridized carbons (Fsp3) is 0.600. The van der Waals surface area contributed by atoms with E-state index in [0.29, 0.717) is 11.4 Å². The summed E-state index contributed by atoms with van der Waals surface area (Å²) in [4.78, 5) is 0. The summed E-state index contributed by atoms with van der Waals surface area (Å²) >= 11 is 5.87. The van der Waals surface area contributed by atoms with Gasteiger partial charge in [0.1, 0.15) is 5.82 Å². The second kappa shape index (κ2) is 11.7. The van der Waals surface area contributed by atoms with Gasteiger partial charge >= 0.3 is 0 Å². The molecule has 174 valence electrons. The van der Waals surface area contributed by atoms with Gasteiger partial charge in [-0.25, -0.2) is 4.39 Å². The van der Waals surface area contributed by atoms with Crippen LogP contribution in [0.25, 0.3) is 11.1 Å². The molecule has 0 aliphatic heterocycles. The zero-order valence-electron chi connectivity index (χ0n) is 19.8. The molecule has 0 heterocycles. The van der Waals surface area contributed by atoms with Crippen LogP contribution in [0.1, 0.15) is 88.7 Å². The third kappa shape index (κ3) is 6.16. The smallest absolute Gasteiger partial charge is 0.131 e. The SMILES string of the molecule is CCC[C@H]1CC[C@H](C2CCC(CCc3ccc(-c4ccc(CCl)cc4)c(F)c3)CC2)CC1. The van der Waals surface area contributed by atoms with Crippen molar-refractivity contribution in [2.45, 2.75) is 89.9 Å². The van der Waals surface area contributed by atoms with E-state index in [9.17, 15) is 4.39 Å². The van der Waals surface area contributed by atoms with Crippen LogP contribution in [0.3, 0.4) is 0 Å². The molecule has 2 aromatic rings. The largest absolute Gasteiger partial charge is 0.206 e. The fourth-order valence-corrected chi connectivity index (χ4v) is 6.58. The molecule has 0 atom stereocenters. The topological polar surface area (TPSA) is 0 Å². The molecular formula is C30H40ClF. The van der Waals surface area contributed by atoms with Crippen LogP contribution >= 0.6 is 11.6 Å². The van der Waals surface area contributed by atoms with Crippen LogP contribution in [0.5, 0.6) is 0 Å². The second-order valence-corrected chi connectivity index (χ2v) is 10.8. The Labute approximate surface area is 200 Å². The normalized spacial score (nSPS) is 26.2. The Morgan fingerprint density at radius 3 is 1.84 bits per heavy atom. The molecule has 0 amide bonds. The molecule has 2 aliphatic rings. The molecule has 0 spiro atoms. The summed E-state index contributed by atoms with van der Waals surface area (Å²) in [7, 11) is 0. The summed E-state index contributed by atoms with van der Waals surface area (Å²) in [6.45, 7) is 2.33. The number of benzene rings is 2. The van der Waals surface area contributed by atoms with E-state index in [1.807, 2.05) is 30.3 Å². The fourth-order valence-electron chi connectivity index (χ4n) is 6.40. The van der Waals surface area contributed by atoms with Gasteiger partial charge in [-0.15, -0.1) is 11.6 Å². The molecule has 2 aromatic carbocycles. The Kier molecular flexibility index (Phi) is 8.69. The molecule has 32 heavy (non-hydrogen) atoms. The molecular weight excluding hydrogens is 415 g/mol. The van der Waals surface area contributed by atoms with E-state index in [4.69, 9.17) is 11.6 Å². The second-order valence-electron chi connectivity index (χ2n) is 10.5. The van der Waals surface area contributed by atoms with Crippen molar-refractivity contribution in [1.82, 2.24) is 0 Å². The third-order valence-electron chi connectivity index (χ3n) is 8.44. The van der Waals surface area contributed by atoms with Crippen molar-refractivity contribution < 1.29 is 4.39 Å². The van der Waals surface area contributed by atoms with Gasteiger partial charge in [0, 0.05) is 11.4 Å². The van der Waals surface area contributed by atoms with Gasteiger partial charge in [-0.05, 0) is 85.0 Å². The Morgan fingerprint density at radius 2 is 1.31 bits per heavy atom. The van der Waals surface area contributed by atoms with Crippen LogP contribution in [-0.2, 0) is 12.3 Å². The van der Waals surface area contributed by atoms with Crippen LogP contribution in [0.2, 0.25) is 0 Å². The molecule has 2 aliphatic carbocycles. The number of halogens is 2. The van der Waals surface area contributed by atoms with Gasteiger partial charge in [-0.3, -0.25) is 0 Å². The van der Waals surface area contributed by atoms with Gasteiger partial charge in [0.2, 0.25) is 0 Å². The van der Waals surface area contributed by atoms with Crippen molar-refractivity contribution >= 4 is 11.6 Å². The summed E-state index contributed by atoms with van der Waals surface area (Å²) in [5.74, 6) is 4.21.